The second kappa shape index (κ2) is 3.85. The molecule has 0 fully saturated rings. The Kier molecular flexibility index (Phi) is 3.01. The molecule has 0 radical (unpaired) electrons. The van der Waals surface area contributed by atoms with Crippen molar-refractivity contribution in [2.75, 3.05) is 5.32 Å². The molecule has 0 saturated heterocycles. The van der Waals surface area contributed by atoms with Crippen LogP contribution in [0.15, 0.2) is 23.2 Å². The van der Waals surface area contributed by atoms with Gasteiger partial charge in [-0.2, -0.15) is 0 Å². The number of hydrogen-bond donors (Lipinski definition) is 2. The molecule has 1 aromatic carbocycles. The van der Waals surface area contributed by atoms with Crippen molar-refractivity contribution in [2.24, 2.45) is 10.7 Å². The molecule has 1 aromatic rings. The van der Waals surface area contributed by atoms with E-state index in [0.717, 1.165) is 11.3 Å². The minimum atomic E-state index is 0. The number of halogens is 2. The monoisotopic (exact) mass is 217 g/mol. The fourth-order valence-corrected chi connectivity index (χ4v) is 1.32. The third kappa shape index (κ3) is 2.05. The molecule has 0 spiro atoms. The van der Waals surface area contributed by atoms with Gasteiger partial charge >= 0.3 is 0 Å². The van der Waals surface area contributed by atoms with E-state index in [9.17, 15) is 0 Å². The molecule has 0 saturated carbocycles. The Morgan fingerprint density at radius 1 is 1.46 bits per heavy atom. The summed E-state index contributed by atoms with van der Waals surface area (Å²) in [5.74, 6) is 0.449. The van der Waals surface area contributed by atoms with Gasteiger partial charge in [0.05, 0.1) is 6.54 Å². The summed E-state index contributed by atoms with van der Waals surface area (Å²) in [5.41, 5.74) is 7.57. The van der Waals surface area contributed by atoms with Gasteiger partial charge in [-0.15, -0.1) is 12.4 Å². The summed E-state index contributed by atoms with van der Waals surface area (Å²) in [4.78, 5) is 4.04. The van der Waals surface area contributed by atoms with Crippen LogP contribution in [0.1, 0.15) is 5.56 Å². The van der Waals surface area contributed by atoms with Crippen molar-refractivity contribution in [3.63, 3.8) is 0 Å². The van der Waals surface area contributed by atoms with Crippen molar-refractivity contribution < 1.29 is 0 Å². The second-order valence-corrected chi connectivity index (χ2v) is 3.06. The Hall–Kier alpha value is -0.930. The molecule has 1 aliphatic heterocycles. The molecule has 3 N–H and O–H groups in total. The number of fused-ring (bicyclic) bond motifs is 1. The van der Waals surface area contributed by atoms with Crippen molar-refractivity contribution in [3.05, 3.63) is 28.8 Å². The van der Waals surface area contributed by atoms with Crippen LogP contribution in [0, 0.1) is 0 Å². The highest BCUT2D eigenvalue weighted by molar-refractivity contribution is 6.31. The van der Waals surface area contributed by atoms with Crippen molar-refractivity contribution in [3.8, 4) is 0 Å². The normalized spacial score (nSPS) is 13.5. The Labute approximate surface area is 87.4 Å². The van der Waals surface area contributed by atoms with Gasteiger partial charge in [0, 0.05) is 10.7 Å². The van der Waals surface area contributed by atoms with Gasteiger partial charge in [0.15, 0.2) is 5.96 Å². The van der Waals surface area contributed by atoms with Gasteiger partial charge in [0.1, 0.15) is 0 Å². The lowest BCUT2D eigenvalue weighted by molar-refractivity contribution is 1.04. The molecule has 0 bridgehead atoms. The molecule has 13 heavy (non-hydrogen) atoms. The van der Waals surface area contributed by atoms with E-state index >= 15 is 0 Å². The topological polar surface area (TPSA) is 50.4 Å². The minimum Gasteiger partial charge on any atom is -0.370 e. The Morgan fingerprint density at radius 2 is 2.23 bits per heavy atom. The number of rotatable bonds is 0. The van der Waals surface area contributed by atoms with E-state index in [1.807, 2.05) is 18.2 Å². The average molecular weight is 218 g/mol. The SMILES string of the molecule is Cl.NC1=NCc2ccc(Cl)cc2N1. The van der Waals surface area contributed by atoms with E-state index in [0.29, 0.717) is 17.5 Å². The quantitative estimate of drug-likeness (QED) is 0.699. The van der Waals surface area contributed by atoms with Crippen molar-refractivity contribution in [1.82, 2.24) is 0 Å². The Bertz CT molecular complexity index is 349. The summed E-state index contributed by atoms with van der Waals surface area (Å²) >= 11 is 5.80. The average Bonchev–Trinajstić information content (AvgIpc) is 2.03. The summed E-state index contributed by atoms with van der Waals surface area (Å²) < 4.78 is 0. The van der Waals surface area contributed by atoms with Gasteiger partial charge in [0.2, 0.25) is 0 Å². The third-order valence-electron chi connectivity index (χ3n) is 1.75. The number of aliphatic imine (C=N–C) groups is 1. The lowest BCUT2D eigenvalue weighted by atomic mass is 10.1. The fourth-order valence-electron chi connectivity index (χ4n) is 1.15. The number of anilines is 1. The van der Waals surface area contributed by atoms with E-state index in [1.54, 1.807) is 0 Å². The number of nitrogens with two attached hydrogens (primary N) is 1. The van der Waals surface area contributed by atoms with Gasteiger partial charge in [-0.3, -0.25) is 0 Å². The summed E-state index contributed by atoms with van der Waals surface area (Å²) in [5, 5.41) is 3.65. The first-order chi connectivity index (χ1) is 5.75. The maximum Gasteiger partial charge on any atom is 0.193 e. The van der Waals surface area contributed by atoms with Gasteiger partial charge in [0.25, 0.3) is 0 Å². The first kappa shape index (κ1) is 10.2. The highest BCUT2D eigenvalue weighted by atomic mass is 35.5. The molecule has 1 heterocycles. The molecule has 2 rings (SSSR count). The number of benzene rings is 1. The van der Waals surface area contributed by atoms with Crippen LogP contribution in [0.25, 0.3) is 0 Å². The van der Waals surface area contributed by atoms with Gasteiger partial charge in [-0.1, -0.05) is 17.7 Å². The summed E-state index contributed by atoms with van der Waals surface area (Å²) in [6.07, 6.45) is 0. The fraction of sp³-hybridized carbons (Fsp3) is 0.125. The van der Waals surface area contributed by atoms with Crippen LogP contribution in [0.4, 0.5) is 5.69 Å². The van der Waals surface area contributed by atoms with Crippen LogP contribution in [-0.4, -0.2) is 5.96 Å². The van der Waals surface area contributed by atoms with E-state index in [-0.39, 0.29) is 12.4 Å². The standard InChI is InChI=1S/C8H8ClN3.ClH/c9-6-2-1-5-4-11-8(10)12-7(5)3-6;/h1-3H,4H2,(H3,10,11,12);1H. The Balaban J connectivity index is 0.000000845. The molecular weight excluding hydrogens is 209 g/mol. The predicted octanol–water partition coefficient (Wildman–Crippen LogP) is 2.00. The van der Waals surface area contributed by atoms with Crippen molar-refractivity contribution in [1.29, 1.82) is 0 Å². The molecule has 1 aliphatic rings. The number of nitrogens with one attached hydrogen (secondary N) is 1. The molecule has 0 unspecified atom stereocenters. The first-order valence-corrected chi connectivity index (χ1v) is 3.99. The van der Waals surface area contributed by atoms with Crippen LogP contribution in [0.3, 0.4) is 0 Å². The molecule has 0 atom stereocenters. The van der Waals surface area contributed by atoms with Crippen LogP contribution in [-0.2, 0) is 6.54 Å². The molecule has 5 heteroatoms. The van der Waals surface area contributed by atoms with Gasteiger partial charge in [-0.05, 0) is 17.7 Å². The zero-order valence-corrected chi connectivity index (χ0v) is 8.32. The summed E-state index contributed by atoms with van der Waals surface area (Å²) in [6.45, 7) is 0.630. The second-order valence-electron chi connectivity index (χ2n) is 2.63. The summed E-state index contributed by atoms with van der Waals surface area (Å²) in [6, 6.07) is 5.64. The van der Waals surface area contributed by atoms with E-state index in [1.165, 1.54) is 0 Å². The van der Waals surface area contributed by atoms with Crippen LogP contribution in [0.5, 0.6) is 0 Å². The highest BCUT2D eigenvalue weighted by Gasteiger charge is 2.08. The maximum atomic E-state index is 5.80. The minimum absolute atomic E-state index is 0. The zero-order valence-electron chi connectivity index (χ0n) is 6.75. The van der Waals surface area contributed by atoms with Crippen molar-refractivity contribution >= 4 is 35.7 Å². The van der Waals surface area contributed by atoms with E-state index in [4.69, 9.17) is 17.3 Å². The molecule has 0 aromatic heterocycles. The zero-order chi connectivity index (χ0) is 8.55. The molecular formula is C8H9Cl2N3. The lowest BCUT2D eigenvalue weighted by Crippen LogP contribution is -2.26. The number of hydrogen-bond acceptors (Lipinski definition) is 3. The van der Waals surface area contributed by atoms with Crippen LogP contribution < -0.4 is 11.1 Å². The predicted molar refractivity (Wildman–Crippen MR) is 57.6 cm³/mol. The van der Waals surface area contributed by atoms with Gasteiger partial charge < -0.3 is 11.1 Å². The van der Waals surface area contributed by atoms with E-state index < -0.39 is 0 Å². The lowest BCUT2D eigenvalue weighted by Gasteiger charge is -2.15. The van der Waals surface area contributed by atoms with Crippen molar-refractivity contribution in [2.45, 2.75) is 6.54 Å². The summed E-state index contributed by atoms with van der Waals surface area (Å²) in [7, 11) is 0. The molecule has 0 amide bonds. The number of nitrogens with zero attached hydrogens (tertiary/aromatic N) is 1. The van der Waals surface area contributed by atoms with E-state index in [2.05, 4.69) is 10.3 Å². The third-order valence-corrected chi connectivity index (χ3v) is 1.99. The Morgan fingerprint density at radius 3 is 3.00 bits per heavy atom. The molecule has 3 nitrogen and oxygen atoms in total. The van der Waals surface area contributed by atoms with Crippen LogP contribution >= 0.6 is 24.0 Å². The molecule has 70 valence electrons. The molecule has 0 aliphatic carbocycles. The highest BCUT2D eigenvalue weighted by Crippen LogP contribution is 2.23. The van der Waals surface area contributed by atoms with Gasteiger partial charge in [-0.25, -0.2) is 4.99 Å². The smallest absolute Gasteiger partial charge is 0.193 e. The van der Waals surface area contributed by atoms with Crippen LogP contribution in [0.2, 0.25) is 5.02 Å². The first-order valence-electron chi connectivity index (χ1n) is 3.61. The maximum absolute atomic E-state index is 5.80. The number of guanidine groups is 1. The largest absolute Gasteiger partial charge is 0.370 e.